The first-order valence-corrected chi connectivity index (χ1v) is 10.6. The van der Waals surface area contributed by atoms with Gasteiger partial charge in [0, 0.05) is 17.6 Å². The summed E-state index contributed by atoms with van der Waals surface area (Å²) in [6, 6.07) is 11.7. The van der Waals surface area contributed by atoms with Crippen LogP contribution in [-0.4, -0.2) is 24.6 Å². The number of carbonyl (C=O) groups is 1. The summed E-state index contributed by atoms with van der Waals surface area (Å²) in [6.07, 6.45) is 1.62. The number of nitrogens with zero attached hydrogens (tertiary/aromatic N) is 2. The summed E-state index contributed by atoms with van der Waals surface area (Å²) in [5, 5.41) is 2.67. The maximum atomic E-state index is 13.6. The highest BCUT2D eigenvalue weighted by molar-refractivity contribution is 7.13. The van der Waals surface area contributed by atoms with Crippen LogP contribution in [0.4, 0.5) is 5.13 Å². The summed E-state index contributed by atoms with van der Waals surface area (Å²) in [4.78, 5) is 32.8. The van der Waals surface area contributed by atoms with Crippen LogP contribution in [0.25, 0.3) is 11.0 Å². The molecule has 2 aromatic heterocycles. The van der Waals surface area contributed by atoms with E-state index in [-0.39, 0.29) is 11.2 Å². The monoisotopic (exact) mass is 434 g/mol. The van der Waals surface area contributed by atoms with Gasteiger partial charge in [-0.1, -0.05) is 12.1 Å². The highest BCUT2D eigenvalue weighted by Gasteiger charge is 2.44. The zero-order valence-corrected chi connectivity index (χ0v) is 17.6. The molecule has 7 nitrogen and oxygen atoms in total. The van der Waals surface area contributed by atoms with Crippen molar-refractivity contribution in [3.05, 3.63) is 81.2 Å². The third kappa shape index (κ3) is 3.07. The number of hydrogen-bond acceptors (Lipinski definition) is 7. The molecule has 1 aliphatic rings. The molecule has 2 aromatic carbocycles. The molecule has 5 rings (SSSR count). The van der Waals surface area contributed by atoms with Crippen LogP contribution in [0.1, 0.15) is 34.6 Å². The van der Waals surface area contributed by atoms with Crippen LogP contribution in [0.15, 0.2) is 63.3 Å². The van der Waals surface area contributed by atoms with Crippen molar-refractivity contribution in [3.8, 4) is 11.5 Å². The highest BCUT2D eigenvalue weighted by atomic mass is 32.1. The fourth-order valence-electron chi connectivity index (χ4n) is 3.87. The van der Waals surface area contributed by atoms with Crippen molar-refractivity contribution in [2.24, 2.45) is 0 Å². The first-order chi connectivity index (χ1) is 15.1. The van der Waals surface area contributed by atoms with Crippen LogP contribution in [-0.2, 0) is 0 Å². The minimum absolute atomic E-state index is 0.0224. The van der Waals surface area contributed by atoms with Gasteiger partial charge in [-0.15, -0.1) is 11.3 Å². The average Bonchev–Trinajstić information content (AvgIpc) is 3.41. The van der Waals surface area contributed by atoms with Crippen LogP contribution in [0.3, 0.4) is 0 Å². The lowest BCUT2D eigenvalue weighted by molar-refractivity contribution is 0.0971. The summed E-state index contributed by atoms with van der Waals surface area (Å²) in [5.74, 6) is 0.821. The number of amides is 1. The number of fused-ring (bicyclic) bond motifs is 2. The zero-order chi connectivity index (χ0) is 21.5. The molecule has 156 valence electrons. The van der Waals surface area contributed by atoms with Crippen LogP contribution in [0.2, 0.25) is 0 Å². The number of thiazole rings is 1. The Morgan fingerprint density at radius 2 is 2.03 bits per heavy atom. The second-order valence-electron chi connectivity index (χ2n) is 6.93. The minimum Gasteiger partial charge on any atom is -0.497 e. The van der Waals surface area contributed by atoms with Gasteiger partial charge in [0.25, 0.3) is 5.91 Å². The molecule has 1 unspecified atom stereocenters. The van der Waals surface area contributed by atoms with Gasteiger partial charge < -0.3 is 13.9 Å². The quantitative estimate of drug-likeness (QED) is 0.463. The maximum Gasteiger partial charge on any atom is 0.297 e. The third-order valence-electron chi connectivity index (χ3n) is 5.19. The van der Waals surface area contributed by atoms with Crippen LogP contribution in [0.5, 0.6) is 11.5 Å². The number of ether oxygens (including phenoxy) is 2. The molecule has 1 aliphatic heterocycles. The Hall–Kier alpha value is -3.65. The van der Waals surface area contributed by atoms with Crippen molar-refractivity contribution in [1.29, 1.82) is 0 Å². The lowest BCUT2D eigenvalue weighted by Crippen LogP contribution is -2.29. The molecule has 0 radical (unpaired) electrons. The van der Waals surface area contributed by atoms with E-state index in [1.54, 1.807) is 36.9 Å². The maximum absolute atomic E-state index is 13.6. The first-order valence-electron chi connectivity index (χ1n) is 9.73. The number of hydrogen-bond donors (Lipinski definition) is 0. The summed E-state index contributed by atoms with van der Waals surface area (Å²) in [7, 11) is 1.57. The number of benzene rings is 2. The van der Waals surface area contributed by atoms with Gasteiger partial charge in [0.2, 0.25) is 5.76 Å². The SMILES string of the molecule is CCOc1ccc2c(=O)c3c(oc2c1)C(=O)N(c1nccs1)C3c1cccc(OC)c1. The summed E-state index contributed by atoms with van der Waals surface area (Å²) in [6.45, 7) is 2.35. The number of aromatic nitrogens is 1. The molecule has 4 aromatic rings. The van der Waals surface area contributed by atoms with Crippen molar-refractivity contribution < 1.29 is 18.7 Å². The topological polar surface area (TPSA) is 81.9 Å². The van der Waals surface area contributed by atoms with Crippen molar-refractivity contribution in [2.75, 3.05) is 18.6 Å². The summed E-state index contributed by atoms with van der Waals surface area (Å²) < 4.78 is 16.9. The van der Waals surface area contributed by atoms with E-state index in [1.165, 1.54) is 16.2 Å². The molecular formula is C23H18N2O5S. The molecule has 8 heteroatoms. The predicted octanol–water partition coefficient (Wildman–Crippen LogP) is 4.41. The molecule has 0 aliphatic carbocycles. The molecule has 0 saturated heterocycles. The largest absolute Gasteiger partial charge is 0.497 e. The van der Waals surface area contributed by atoms with E-state index in [0.717, 1.165) is 5.56 Å². The molecule has 3 heterocycles. The lowest BCUT2D eigenvalue weighted by atomic mass is 9.98. The van der Waals surface area contributed by atoms with E-state index in [1.807, 2.05) is 31.2 Å². The van der Waals surface area contributed by atoms with Gasteiger partial charge in [-0.25, -0.2) is 4.98 Å². The molecule has 1 amide bonds. The molecule has 0 fully saturated rings. The molecule has 0 N–H and O–H groups in total. The van der Waals surface area contributed by atoms with Gasteiger partial charge >= 0.3 is 0 Å². The Morgan fingerprint density at radius 3 is 2.77 bits per heavy atom. The highest BCUT2D eigenvalue weighted by Crippen LogP contribution is 2.42. The molecule has 0 saturated carbocycles. The van der Waals surface area contributed by atoms with Crippen LogP contribution in [0, 0.1) is 0 Å². The van der Waals surface area contributed by atoms with Gasteiger partial charge in [-0.2, -0.15) is 0 Å². The normalized spacial score (nSPS) is 15.4. The molecule has 0 bridgehead atoms. The second kappa shape index (κ2) is 7.55. The number of carbonyl (C=O) groups excluding carboxylic acids is 1. The summed E-state index contributed by atoms with van der Waals surface area (Å²) in [5.41, 5.74) is 1.09. The molecule has 31 heavy (non-hydrogen) atoms. The van der Waals surface area contributed by atoms with Crippen molar-refractivity contribution in [3.63, 3.8) is 0 Å². The zero-order valence-electron chi connectivity index (χ0n) is 16.8. The number of methoxy groups -OCH3 is 1. The Labute approximate surface area is 181 Å². The van der Waals surface area contributed by atoms with Crippen molar-refractivity contribution >= 4 is 33.3 Å². The third-order valence-corrected chi connectivity index (χ3v) is 5.96. The molecular weight excluding hydrogens is 416 g/mol. The van der Waals surface area contributed by atoms with Gasteiger partial charge in [0.05, 0.1) is 30.7 Å². The standard InChI is InChI=1S/C23H18N2O5S/c1-3-29-15-7-8-16-17(12-15)30-21-18(20(16)26)19(13-5-4-6-14(11-13)28-2)25(22(21)27)23-24-9-10-31-23/h4-12,19H,3H2,1-2H3. The molecule has 1 atom stereocenters. The fourth-order valence-corrected chi connectivity index (χ4v) is 4.53. The summed E-state index contributed by atoms with van der Waals surface area (Å²) >= 11 is 1.32. The van der Waals surface area contributed by atoms with Gasteiger partial charge in [0.15, 0.2) is 10.6 Å². The van der Waals surface area contributed by atoms with E-state index in [2.05, 4.69) is 4.98 Å². The van der Waals surface area contributed by atoms with E-state index in [0.29, 0.717) is 39.8 Å². The fraction of sp³-hybridized carbons (Fsp3) is 0.174. The Bertz CT molecular complexity index is 1350. The predicted molar refractivity (Wildman–Crippen MR) is 117 cm³/mol. The van der Waals surface area contributed by atoms with Crippen LogP contribution >= 0.6 is 11.3 Å². The second-order valence-corrected chi connectivity index (χ2v) is 7.81. The lowest BCUT2D eigenvalue weighted by Gasteiger charge is -2.22. The van der Waals surface area contributed by atoms with E-state index < -0.39 is 11.9 Å². The van der Waals surface area contributed by atoms with Crippen LogP contribution < -0.4 is 19.8 Å². The number of rotatable bonds is 5. The minimum atomic E-state index is -0.670. The smallest absolute Gasteiger partial charge is 0.297 e. The molecule has 0 spiro atoms. The average molecular weight is 434 g/mol. The Morgan fingerprint density at radius 1 is 1.16 bits per heavy atom. The van der Waals surface area contributed by atoms with Gasteiger partial charge in [-0.3, -0.25) is 14.5 Å². The van der Waals surface area contributed by atoms with Crippen molar-refractivity contribution in [1.82, 2.24) is 4.98 Å². The van der Waals surface area contributed by atoms with E-state index in [9.17, 15) is 9.59 Å². The first kappa shape index (κ1) is 19.3. The van der Waals surface area contributed by atoms with E-state index in [4.69, 9.17) is 13.9 Å². The van der Waals surface area contributed by atoms with Gasteiger partial charge in [0.1, 0.15) is 17.1 Å². The van der Waals surface area contributed by atoms with Crippen molar-refractivity contribution in [2.45, 2.75) is 13.0 Å². The van der Waals surface area contributed by atoms with E-state index >= 15 is 0 Å². The van der Waals surface area contributed by atoms with Gasteiger partial charge in [-0.05, 0) is 36.8 Å². The Kier molecular flexibility index (Phi) is 4.71. The Balaban J connectivity index is 1.78. The number of anilines is 1.